The number of hydrogen-bond donors (Lipinski definition) is 2. The number of rotatable bonds is 6. The van der Waals surface area contributed by atoms with Crippen molar-refractivity contribution in [1.29, 1.82) is 0 Å². The molecule has 172 valence electrons. The molecule has 2 rings (SSSR count). The lowest BCUT2D eigenvalue weighted by Crippen LogP contribution is -2.52. The second kappa shape index (κ2) is 7.76. The maximum atomic E-state index is 14.7. The van der Waals surface area contributed by atoms with Crippen LogP contribution in [0.5, 0.6) is 0 Å². The number of hydrogen-bond acceptors (Lipinski definition) is 3. The van der Waals surface area contributed by atoms with Crippen molar-refractivity contribution in [2.45, 2.75) is 58.2 Å². The van der Waals surface area contributed by atoms with Gasteiger partial charge in [-0.3, -0.25) is 19.3 Å². The lowest BCUT2D eigenvalue weighted by molar-refractivity contribution is -0.140. The Balaban J connectivity index is 2.41. The van der Waals surface area contributed by atoms with E-state index < -0.39 is 75.8 Å². The average Bonchev–Trinajstić information content (AvgIpc) is 2.77. The molecule has 0 saturated heterocycles. The molecule has 0 fully saturated rings. The number of benzene rings is 1. The summed E-state index contributed by atoms with van der Waals surface area (Å²) < 4.78 is 68.6. The van der Waals surface area contributed by atoms with Crippen LogP contribution in [0, 0.1) is 17.6 Å². The second-order valence-electron chi connectivity index (χ2n) is 8.73. The smallest absolute Gasteiger partial charge is 0.419 e. The Morgan fingerprint density at radius 3 is 2.26 bits per heavy atom. The minimum absolute atomic E-state index is 0.0351. The van der Waals surface area contributed by atoms with Crippen molar-refractivity contribution in [1.82, 2.24) is 5.32 Å². The van der Waals surface area contributed by atoms with Gasteiger partial charge in [-0.05, 0) is 39.7 Å². The van der Waals surface area contributed by atoms with Gasteiger partial charge in [-0.15, -0.1) is 0 Å². The van der Waals surface area contributed by atoms with Crippen molar-refractivity contribution in [3.63, 3.8) is 0 Å². The quantitative estimate of drug-likeness (QED) is 0.649. The number of anilines is 1. The number of alkyl halides is 3. The molecule has 1 atom stereocenters. The van der Waals surface area contributed by atoms with E-state index in [2.05, 4.69) is 5.32 Å². The van der Waals surface area contributed by atoms with Crippen molar-refractivity contribution in [2.24, 2.45) is 5.92 Å². The van der Waals surface area contributed by atoms with Crippen molar-refractivity contribution < 1.29 is 41.4 Å². The number of halogens is 5. The highest BCUT2D eigenvalue weighted by Gasteiger charge is 2.51. The Hall–Kier alpha value is -2.72. The highest BCUT2D eigenvalue weighted by atomic mass is 19.4. The molecule has 1 aromatic rings. The van der Waals surface area contributed by atoms with Gasteiger partial charge in [0.1, 0.15) is 18.2 Å². The Bertz CT molecular complexity index is 940. The summed E-state index contributed by atoms with van der Waals surface area (Å²) in [6.45, 7) is 6.21. The molecule has 0 bridgehead atoms. The fourth-order valence-corrected chi connectivity index (χ4v) is 3.54. The minimum Gasteiger partial charge on any atom is -0.481 e. The molecule has 0 unspecified atom stereocenters. The largest absolute Gasteiger partial charge is 0.481 e. The maximum absolute atomic E-state index is 14.7. The zero-order valence-corrected chi connectivity index (χ0v) is 17.6. The van der Waals surface area contributed by atoms with Crippen LogP contribution in [0.3, 0.4) is 0 Å². The molecule has 1 aliphatic heterocycles. The van der Waals surface area contributed by atoms with Gasteiger partial charge in [-0.25, -0.2) is 8.78 Å². The molecule has 11 heteroatoms. The molecule has 1 aliphatic rings. The van der Waals surface area contributed by atoms with Crippen molar-refractivity contribution in [2.75, 3.05) is 11.4 Å². The number of nitrogens with one attached hydrogen (secondary N) is 1. The normalized spacial score (nSPS) is 16.8. The summed E-state index contributed by atoms with van der Waals surface area (Å²) in [4.78, 5) is 36.9. The Morgan fingerprint density at radius 2 is 1.77 bits per heavy atom. The number of carboxylic acids is 1. The maximum Gasteiger partial charge on any atom is 0.419 e. The molecule has 0 spiro atoms. The van der Waals surface area contributed by atoms with Crippen LogP contribution in [0.2, 0.25) is 0 Å². The summed E-state index contributed by atoms with van der Waals surface area (Å²) in [6.07, 6.45) is -5.43. The van der Waals surface area contributed by atoms with E-state index >= 15 is 0 Å². The number of carbonyl (C=O) groups is 3. The Kier molecular flexibility index (Phi) is 6.14. The van der Waals surface area contributed by atoms with Gasteiger partial charge in [0.2, 0.25) is 11.8 Å². The lowest BCUT2D eigenvalue weighted by atomic mass is 9.84. The zero-order chi connectivity index (χ0) is 24.1. The SMILES string of the molecule is C[C@H](CC(=O)O)C(C)(C)NC(=O)CN1C(=O)C(C)(C)c2c(F)c(C(F)(F)F)cc(F)c21. The molecule has 1 aromatic carbocycles. The number of nitrogens with zero attached hydrogens (tertiary/aromatic N) is 1. The average molecular weight is 450 g/mol. The van der Waals surface area contributed by atoms with E-state index in [1.54, 1.807) is 20.8 Å². The predicted octanol–water partition coefficient (Wildman–Crippen LogP) is 3.61. The number of aliphatic carboxylic acids is 1. The molecular formula is C20H23F5N2O4. The predicted molar refractivity (Wildman–Crippen MR) is 100 cm³/mol. The third-order valence-corrected chi connectivity index (χ3v) is 5.65. The summed E-state index contributed by atoms with van der Waals surface area (Å²) in [5.41, 5.74) is -6.18. The van der Waals surface area contributed by atoms with E-state index in [-0.39, 0.29) is 12.5 Å². The molecule has 0 aliphatic carbocycles. The minimum atomic E-state index is -5.17. The van der Waals surface area contributed by atoms with Crippen LogP contribution in [0.4, 0.5) is 27.6 Å². The first kappa shape index (κ1) is 24.5. The van der Waals surface area contributed by atoms with Gasteiger partial charge in [0, 0.05) is 11.1 Å². The molecule has 0 radical (unpaired) electrons. The first-order valence-electron chi connectivity index (χ1n) is 9.35. The third kappa shape index (κ3) is 4.49. The highest BCUT2D eigenvalue weighted by molar-refractivity contribution is 6.10. The van der Waals surface area contributed by atoms with Crippen LogP contribution >= 0.6 is 0 Å². The second-order valence-corrected chi connectivity index (χ2v) is 8.73. The van der Waals surface area contributed by atoms with Crippen LogP contribution in [-0.2, 0) is 26.0 Å². The van der Waals surface area contributed by atoms with E-state index in [0.29, 0.717) is 4.90 Å². The number of amides is 2. The summed E-state index contributed by atoms with van der Waals surface area (Å²) >= 11 is 0. The van der Waals surface area contributed by atoms with Gasteiger partial charge in [0.05, 0.1) is 23.1 Å². The molecule has 1 heterocycles. The van der Waals surface area contributed by atoms with Gasteiger partial charge >= 0.3 is 12.1 Å². The summed E-state index contributed by atoms with van der Waals surface area (Å²) in [6, 6.07) is -0.0351. The molecule has 2 N–H and O–H groups in total. The first-order valence-corrected chi connectivity index (χ1v) is 9.35. The van der Waals surface area contributed by atoms with Crippen molar-refractivity contribution in [3.05, 3.63) is 28.8 Å². The molecule has 31 heavy (non-hydrogen) atoms. The van der Waals surface area contributed by atoms with E-state index in [9.17, 15) is 36.3 Å². The van der Waals surface area contributed by atoms with Crippen LogP contribution in [-0.4, -0.2) is 35.0 Å². The summed E-state index contributed by atoms with van der Waals surface area (Å²) in [5.74, 6) is -6.59. The molecule has 0 saturated carbocycles. The van der Waals surface area contributed by atoms with Crippen LogP contribution < -0.4 is 10.2 Å². The standard InChI is InChI=1S/C20H23F5N2O4/c1-9(6-13(29)30)19(4,5)26-12(28)8-27-16-11(21)7-10(20(23,24)25)15(22)14(16)18(2,3)17(27)31/h7,9H,6,8H2,1-5H3,(H,26,28)(H,29,30)/t9-/m1/s1. The lowest BCUT2D eigenvalue weighted by Gasteiger charge is -2.33. The highest BCUT2D eigenvalue weighted by Crippen LogP contribution is 2.47. The van der Waals surface area contributed by atoms with Gasteiger partial charge in [-0.1, -0.05) is 6.92 Å². The summed E-state index contributed by atoms with van der Waals surface area (Å²) in [5, 5.41) is 11.5. The van der Waals surface area contributed by atoms with Crippen molar-refractivity contribution in [3.8, 4) is 0 Å². The van der Waals surface area contributed by atoms with Gasteiger partial charge in [-0.2, -0.15) is 13.2 Å². The van der Waals surface area contributed by atoms with Crippen molar-refractivity contribution >= 4 is 23.5 Å². The molecule has 0 aromatic heterocycles. The van der Waals surface area contributed by atoms with E-state index in [0.717, 1.165) is 13.8 Å². The number of fused-ring (bicyclic) bond motifs is 1. The van der Waals surface area contributed by atoms with E-state index in [1.165, 1.54) is 0 Å². The van der Waals surface area contributed by atoms with E-state index in [1.807, 2.05) is 0 Å². The number of carbonyl (C=O) groups excluding carboxylic acids is 2. The molecule has 2 amide bonds. The fraction of sp³-hybridized carbons (Fsp3) is 0.550. The topological polar surface area (TPSA) is 86.7 Å². The van der Waals surface area contributed by atoms with Gasteiger partial charge in [0.15, 0.2) is 0 Å². The van der Waals surface area contributed by atoms with Gasteiger partial charge < -0.3 is 10.4 Å². The number of carboxylic acid groups (broad SMARTS) is 1. The van der Waals surface area contributed by atoms with Crippen LogP contribution in [0.1, 0.15) is 52.2 Å². The third-order valence-electron chi connectivity index (χ3n) is 5.65. The molecule has 6 nitrogen and oxygen atoms in total. The molecular weight excluding hydrogens is 427 g/mol. The Morgan fingerprint density at radius 1 is 1.23 bits per heavy atom. The Labute approximate surface area is 175 Å². The first-order chi connectivity index (χ1) is 13.9. The fourth-order valence-electron chi connectivity index (χ4n) is 3.54. The van der Waals surface area contributed by atoms with Gasteiger partial charge in [0.25, 0.3) is 0 Å². The van der Waals surface area contributed by atoms with Crippen LogP contribution in [0.15, 0.2) is 6.07 Å². The van der Waals surface area contributed by atoms with E-state index in [4.69, 9.17) is 5.11 Å². The summed E-state index contributed by atoms with van der Waals surface area (Å²) in [7, 11) is 0. The monoisotopic (exact) mass is 450 g/mol. The van der Waals surface area contributed by atoms with Crippen LogP contribution in [0.25, 0.3) is 0 Å². The zero-order valence-electron chi connectivity index (χ0n) is 17.6.